The number of nitrogens with zero attached hydrogens (tertiary/aromatic N) is 2. The van der Waals surface area contributed by atoms with Gasteiger partial charge in [-0.1, -0.05) is 200 Å². The number of ether oxygens (including phenoxy) is 3. The molecule has 2 aliphatic heterocycles. The average Bonchev–Trinajstić information content (AvgIpc) is 3.99. The molecule has 1 N–H and O–H groups in total. The second kappa shape index (κ2) is 31.9. The Balaban J connectivity index is 0.000000215. The predicted octanol–water partition coefficient (Wildman–Crippen LogP) is 12.9. The zero-order valence-electron chi connectivity index (χ0n) is 44.5. The van der Waals surface area contributed by atoms with E-state index in [2.05, 4.69) is 67.0 Å². The Morgan fingerprint density at radius 3 is 1.51 bits per heavy atom. The van der Waals surface area contributed by atoms with Crippen molar-refractivity contribution in [1.29, 1.82) is 0 Å². The van der Waals surface area contributed by atoms with E-state index in [0.717, 1.165) is 65.3 Å². The second-order valence-electron chi connectivity index (χ2n) is 19.6. The van der Waals surface area contributed by atoms with E-state index in [1.54, 1.807) is 43.5 Å². The normalized spacial score (nSPS) is 15.0. The number of aldehydes is 1. The molecule has 11 nitrogen and oxygen atoms in total. The van der Waals surface area contributed by atoms with E-state index in [0.29, 0.717) is 36.5 Å². The van der Waals surface area contributed by atoms with E-state index < -0.39 is 43.7 Å². The third-order valence-corrected chi connectivity index (χ3v) is 12.8. The third-order valence-electron chi connectivity index (χ3n) is 11.4. The zero-order valence-corrected chi connectivity index (χ0v) is 45.5. The number of aliphatic carboxylic acids is 1. The van der Waals surface area contributed by atoms with Crippen LogP contribution in [0.2, 0.25) is 19.6 Å². The van der Waals surface area contributed by atoms with Crippen molar-refractivity contribution in [3.05, 3.63) is 226 Å². The monoisotopic (exact) mass is 1050 g/mol. The van der Waals surface area contributed by atoms with Crippen molar-refractivity contribution in [2.45, 2.75) is 72.3 Å². The number of benzene rings is 6. The van der Waals surface area contributed by atoms with Gasteiger partial charge < -0.3 is 19.3 Å². The van der Waals surface area contributed by atoms with E-state index in [1.165, 1.54) is 22.9 Å². The second-order valence-corrected chi connectivity index (χ2v) is 25.1. The number of carbonyl (C=O) groups is 5. The molecule has 0 spiro atoms. The van der Waals surface area contributed by atoms with Gasteiger partial charge in [-0.15, -0.1) is 0 Å². The SMILES string of the molecule is COCN(Cc1ccccc1)C[Si](C)(C)C.Cc1ccc(/C=C(\F)C(=O)N2C(=O)OC[C@H]2Cc2ccccc2)cc1.Cc1ccc(/C=C(\F)C(=O)O)cc1.Cc1ccc(C=O)cc1.O=C1C[C@H](Cc2ccccc2)CO1. The summed E-state index contributed by atoms with van der Waals surface area (Å²) < 4.78 is 42.1. The van der Waals surface area contributed by atoms with Crippen LogP contribution in [0.3, 0.4) is 0 Å². The first-order valence-corrected chi connectivity index (χ1v) is 28.6. The molecule has 2 saturated heterocycles. The molecule has 14 heteroatoms. The minimum atomic E-state index is -1.54. The molecule has 2 aliphatic rings. The van der Waals surface area contributed by atoms with Crippen LogP contribution in [0.15, 0.2) is 175 Å². The first-order valence-electron chi connectivity index (χ1n) is 24.9. The number of esters is 1. The van der Waals surface area contributed by atoms with Crippen molar-refractivity contribution < 1.29 is 52.1 Å². The van der Waals surface area contributed by atoms with Crippen LogP contribution >= 0.6 is 0 Å². The van der Waals surface area contributed by atoms with E-state index >= 15 is 0 Å². The summed E-state index contributed by atoms with van der Waals surface area (Å²) in [6.45, 7) is 15.4. The average molecular weight is 1050 g/mol. The number of halogens is 2. The lowest BCUT2D eigenvalue weighted by molar-refractivity contribution is -0.138. The van der Waals surface area contributed by atoms with Crippen LogP contribution in [0.5, 0.6) is 0 Å². The Morgan fingerprint density at radius 2 is 1.09 bits per heavy atom. The summed E-state index contributed by atoms with van der Waals surface area (Å²) >= 11 is 0. The Hall–Kier alpha value is -7.65. The van der Waals surface area contributed by atoms with Gasteiger partial charge in [0.2, 0.25) is 5.83 Å². The van der Waals surface area contributed by atoms with Crippen LogP contribution < -0.4 is 0 Å². The number of hydrogen-bond donors (Lipinski definition) is 1. The summed E-state index contributed by atoms with van der Waals surface area (Å²) in [5.74, 6) is -4.31. The van der Waals surface area contributed by atoms with Gasteiger partial charge in [0.05, 0.1) is 33.9 Å². The molecule has 0 aromatic heterocycles. The van der Waals surface area contributed by atoms with Gasteiger partial charge in [0, 0.05) is 25.1 Å². The lowest BCUT2D eigenvalue weighted by Gasteiger charge is -2.28. The molecule has 0 aliphatic carbocycles. The highest BCUT2D eigenvalue weighted by molar-refractivity contribution is 6.76. The number of rotatable bonds is 15. The first kappa shape index (κ1) is 60.9. The van der Waals surface area contributed by atoms with Gasteiger partial charge in [0.15, 0.2) is 5.83 Å². The Morgan fingerprint density at radius 1 is 0.645 bits per heavy atom. The third kappa shape index (κ3) is 23.3. The van der Waals surface area contributed by atoms with Crippen LogP contribution in [0.1, 0.15) is 61.3 Å². The summed E-state index contributed by atoms with van der Waals surface area (Å²) in [6.07, 6.45) is 5.29. The molecule has 2 atom stereocenters. The molecule has 76 heavy (non-hydrogen) atoms. The molecule has 8 rings (SSSR count). The fraction of sp³-hybridized carbons (Fsp3) is 0.274. The van der Waals surface area contributed by atoms with Crippen LogP contribution in [-0.2, 0) is 48.0 Å². The van der Waals surface area contributed by atoms with Gasteiger partial charge in [-0.25, -0.2) is 18.9 Å². The first-order chi connectivity index (χ1) is 36.3. The van der Waals surface area contributed by atoms with E-state index in [4.69, 9.17) is 19.3 Å². The van der Waals surface area contributed by atoms with Crippen molar-refractivity contribution in [3.63, 3.8) is 0 Å². The summed E-state index contributed by atoms with van der Waals surface area (Å²) in [7, 11) is 0.701. The highest BCUT2D eigenvalue weighted by Gasteiger charge is 2.39. The summed E-state index contributed by atoms with van der Waals surface area (Å²) in [4.78, 5) is 58.6. The van der Waals surface area contributed by atoms with Gasteiger partial charge in [-0.3, -0.25) is 19.3 Å². The van der Waals surface area contributed by atoms with Crippen molar-refractivity contribution in [2.75, 3.05) is 33.2 Å². The molecular formula is C62H70F2N2O9Si. The summed E-state index contributed by atoms with van der Waals surface area (Å²) in [5.41, 5.74) is 8.70. The number of hydrogen-bond acceptors (Lipinski definition) is 9. The van der Waals surface area contributed by atoms with Crippen molar-refractivity contribution >= 4 is 50.5 Å². The summed E-state index contributed by atoms with van der Waals surface area (Å²) in [5, 5.41) is 8.25. The van der Waals surface area contributed by atoms with Gasteiger partial charge in [-0.05, 0) is 79.8 Å². The highest BCUT2D eigenvalue weighted by atomic mass is 28.3. The molecule has 2 heterocycles. The Kier molecular flexibility index (Phi) is 25.6. The van der Waals surface area contributed by atoms with Gasteiger partial charge in [0.1, 0.15) is 12.9 Å². The number of aryl methyl sites for hydroxylation is 3. The minimum absolute atomic E-state index is 0.0547. The molecular weight excluding hydrogens is 983 g/mol. The standard InChI is InChI=1S/C20H18FNO3.C13H23NOSi.C11H12O2.C10H9FO2.C8H8O/c1-14-7-9-16(10-8-14)12-18(21)19(23)22-17(13-25-20(22)24)11-15-5-3-2-4-6-15;1-15-11-14(12-16(2,3)4)10-13-8-6-5-7-9-13;12-11-7-10(8-13-11)6-9-4-2-1-3-5-9;1-7-2-4-8(5-3-7)6-9(11)10(12)13;1-7-2-4-8(6-9)5-3-7/h2-10,12,17H,11,13H2,1H3;5-9H,10-12H2,1-4H3;1-5,10H,6-8H2;2-6H,1H3,(H,12,13);2-6H,1H3/b18-12-;;;9-6-;/t17-;;10-;;/m1.0../s1. The van der Waals surface area contributed by atoms with Gasteiger partial charge in [-0.2, -0.15) is 4.39 Å². The maximum absolute atomic E-state index is 14.4. The molecule has 6 aromatic carbocycles. The maximum atomic E-state index is 14.4. The molecule has 2 amide bonds. The van der Waals surface area contributed by atoms with Crippen LogP contribution in [0, 0.1) is 26.7 Å². The smallest absolute Gasteiger partial charge is 0.417 e. The van der Waals surface area contributed by atoms with Crippen molar-refractivity contribution in [1.82, 2.24) is 9.80 Å². The largest absolute Gasteiger partial charge is 0.476 e. The van der Waals surface area contributed by atoms with Crippen LogP contribution in [0.4, 0.5) is 13.6 Å². The minimum Gasteiger partial charge on any atom is -0.476 e. The molecule has 2 fully saturated rings. The number of amides is 2. The fourth-order valence-corrected chi connectivity index (χ4v) is 9.28. The van der Waals surface area contributed by atoms with Gasteiger partial charge >= 0.3 is 18.0 Å². The van der Waals surface area contributed by atoms with Crippen LogP contribution in [0.25, 0.3) is 12.2 Å². The number of carboxylic acids is 1. The quantitative estimate of drug-likeness (QED) is 0.0347. The molecule has 400 valence electrons. The molecule has 6 aromatic rings. The fourth-order valence-electron chi connectivity index (χ4n) is 7.73. The summed E-state index contributed by atoms with van der Waals surface area (Å²) in [6, 6.07) is 51.1. The lowest BCUT2D eigenvalue weighted by Crippen LogP contribution is -2.40. The number of cyclic esters (lactones) is 2. The zero-order chi connectivity index (χ0) is 55.5. The lowest BCUT2D eigenvalue weighted by atomic mass is 9.99. The van der Waals surface area contributed by atoms with E-state index in [9.17, 15) is 32.8 Å². The number of methoxy groups -OCH3 is 1. The predicted molar refractivity (Wildman–Crippen MR) is 298 cm³/mol. The van der Waals surface area contributed by atoms with Crippen molar-refractivity contribution in [2.24, 2.45) is 5.92 Å². The Labute approximate surface area is 447 Å². The molecule has 0 radical (unpaired) electrons. The molecule has 0 bridgehead atoms. The van der Waals surface area contributed by atoms with Gasteiger partial charge in [0.25, 0.3) is 5.91 Å². The number of carboxylic acid groups (broad SMARTS) is 1. The number of imide groups is 1. The van der Waals surface area contributed by atoms with Crippen LogP contribution in [-0.4, -0.2) is 92.5 Å². The van der Waals surface area contributed by atoms with E-state index in [1.807, 2.05) is 106 Å². The maximum Gasteiger partial charge on any atom is 0.417 e. The number of carbonyl (C=O) groups excluding carboxylic acids is 4. The Bertz CT molecular complexity index is 2790. The molecule has 0 saturated carbocycles. The molecule has 0 unspecified atom stereocenters. The highest BCUT2D eigenvalue weighted by Crippen LogP contribution is 2.22. The topological polar surface area (TPSA) is 140 Å². The van der Waals surface area contributed by atoms with E-state index in [-0.39, 0.29) is 12.6 Å². The van der Waals surface area contributed by atoms with Crippen molar-refractivity contribution in [3.8, 4) is 0 Å².